The fourth-order valence-corrected chi connectivity index (χ4v) is 2.13. The standard InChI is InChI=1S/C15H20N2O4/c1-20-13-4-2-3-12(9-13)10-14(18)16-11-15(19)17-5-7-21-8-6-17/h2-4,9H,5-8,10-11H2,1H3,(H,16,18). The number of carbonyl (C=O) groups is 2. The number of benzene rings is 1. The van der Waals surface area contributed by atoms with Crippen molar-refractivity contribution in [3.63, 3.8) is 0 Å². The van der Waals surface area contributed by atoms with Gasteiger partial charge in [0.2, 0.25) is 11.8 Å². The SMILES string of the molecule is COc1cccc(CC(=O)NCC(=O)N2CCOCC2)c1. The van der Waals surface area contributed by atoms with Gasteiger partial charge in [0.05, 0.1) is 33.3 Å². The molecule has 0 radical (unpaired) electrons. The number of hydrogen-bond donors (Lipinski definition) is 1. The number of amides is 2. The quantitative estimate of drug-likeness (QED) is 0.842. The van der Waals surface area contributed by atoms with Crippen LogP contribution < -0.4 is 10.1 Å². The number of ether oxygens (including phenoxy) is 2. The van der Waals surface area contributed by atoms with Gasteiger partial charge in [0.25, 0.3) is 0 Å². The zero-order chi connectivity index (χ0) is 15.1. The molecule has 1 aliphatic heterocycles. The second kappa shape index (κ2) is 7.64. The zero-order valence-corrected chi connectivity index (χ0v) is 12.1. The summed E-state index contributed by atoms with van der Waals surface area (Å²) in [6.07, 6.45) is 0.230. The third-order valence-corrected chi connectivity index (χ3v) is 3.30. The fraction of sp³-hybridized carbons (Fsp3) is 0.467. The molecule has 1 aromatic carbocycles. The maximum Gasteiger partial charge on any atom is 0.242 e. The van der Waals surface area contributed by atoms with E-state index >= 15 is 0 Å². The number of methoxy groups -OCH3 is 1. The Bertz CT molecular complexity index is 498. The van der Waals surface area contributed by atoms with Crippen molar-refractivity contribution in [1.29, 1.82) is 0 Å². The van der Waals surface area contributed by atoms with Crippen LogP contribution in [0.3, 0.4) is 0 Å². The van der Waals surface area contributed by atoms with Crippen molar-refractivity contribution < 1.29 is 19.1 Å². The first-order chi connectivity index (χ1) is 10.2. The Morgan fingerprint density at radius 3 is 2.81 bits per heavy atom. The lowest BCUT2D eigenvalue weighted by molar-refractivity contribution is -0.136. The van der Waals surface area contributed by atoms with Crippen molar-refractivity contribution in [1.82, 2.24) is 10.2 Å². The molecule has 6 nitrogen and oxygen atoms in total. The molecule has 0 unspecified atom stereocenters. The van der Waals surface area contributed by atoms with Gasteiger partial charge in [0, 0.05) is 13.1 Å². The second-order valence-electron chi connectivity index (χ2n) is 4.80. The summed E-state index contributed by atoms with van der Waals surface area (Å²) in [7, 11) is 1.58. The van der Waals surface area contributed by atoms with Crippen LogP contribution in [-0.4, -0.2) is 56.7 Å². The van der Waals surface area contributed by atoms with Crippen LogP contribution in [0.2, 0.25) is 0 Å². The number of carbonyl (C=O) groups excluding carboxylic acids is 2. The monoisotopic (exact) mass is 292 g/mol. The van der Waals surface area contributed by atoms with Gasteiger partial charge in [-0.05, 0) is 17.7 Å². The predicted molar refractivity (Wildman–Crippen MR) is 77.1 cm³/mol. The normalized spacial score (nSPS) is 14.6. The Balaban J connectivity index is 1.77. The lowest BCUT2D eigenvalue weighted by Crippen LogP contribution is -2.45. The molecule has 0 bridgehead atoms. The smallest absolute Gasteiger partial charge is 0.242 e. The minimum absolute atomic E-state index is 0.0306. The summed E-state index contributed by atoms with van der Waals surface area (Å²) < 4.78 is 10.3. The number of nitrogens with zero attached hydrogens (tertiary/aromatic N) is 1. The van der Waals surface area contributed by atoms with E-state index in [1.54, 1.807) is 12.0 Å². The average molecular weight is 292 g/mol. The number of morpholine rings is 1. The van der Waals surface area contributed by atoms with Gasteiger partial charge in [-0.15, -0.1) is 0 Å². The van der Waals surface area contributed by atoms with Crippen LogP contribution in [0.4, 0.5) is 0 Å². The van der Waals surface area contributed by atoms with Gasteiger partial charge in [0.1, 0.15) is 5.75 Å². The molecule has 21 heavy (non-hydrogen) atoms. The van der Waals surface area contributed by atoms with Gasteiger partial charge in [-0.25, -0.2) is 0 Å². The van der Waals surface area contributed by atoms with Crippen LogP contribution in [0.25, 0.3) is 0 Å². The van der Waals surface area contributed by atoms with Crippen molar-refractivity contribution in [2.75, 3.05) is 40.0 Å². The summed E-state index contributed by atoms with van der Waals surface area (Å²) in [5.74, 6) is 0.465. The van der Waals surface area contributed by atoms with E-state index in [-0.39, 0.29) is 24.8 Å². The molecule has 114 valence electrons. The predicted octanol–water partition coefficient (Wildman–Crippen LogP) is 0.213. The minimum atomic E-state index is -0.176. The highest BCUT2D eigenvalue weighted by Gasteiger charge is 2.17. The highest BCUT2D eigenvalue weighted by molar-refractivity contribution is 5.85. The lowest BCUT2D eigenvalue weighted by Gasteiger charge is -2.26. The lowest BCUT2D eigenvalue weighted by atomic mass is 10.1. The maximum absolute atomic E-state index is 11.9. The number of hydrogen-bond acceptors (Lipinski definition) is 4. The van der Waals surface area contributed by atoms with E-state index in [4.69, 9.17) is 9.47 Å². The van der Waals surface area contributed by atoms with Crippen molar-refractivity contribution in [2.24, 2.45) is 0 Å². The molecule has 1 aliphatic rings. The molecule has 1 N–H and O–H groups in total. The Kier molecular flexibility index (Phi) is 5.57. The number of nitrogens with one attached hydrogen (secondary N) is 1. The van der Waals surface area contributed by atoms with E-state index in [0.29, 0.717) is 32.1 Å². The van der Waals surface area contributed by atoms with E-state index in [2.05, 4.69) is 5.32 Å². The Labute approximate surface area is 124 Å². The molecular formula is C15H20N2O4. The minimum Gasteiger partial charge on any atom is -0.497 e. The van der Waals surface area contributed by atoms with Crippen LogP contribution in [-0.2, 0) is 20.7 Å². The molecular weight excluding hydrogens is 272 g/mol. The van der Waals surface area contributed by atoms with Gasteiger partial charge in [0.15, 0.2) is 0 Å². The van der Waals surface area contributed by atoms with E-state index in [9.17, 15) is 9.59 Å². The summed E-state index contributed by atoms with van der Waals surface area (Å²) in [5, 5.41) is 2.65. The molecule has 0 spiro atoms. The molecule has 2 amide bonds. The van der Waals surface area contributed by atoms with Crippen LogP contribution in [0.1, 0.15) is 5.56 Å². The number of rotatable bonds is 5. The third kappa shape index (κ3) is 4.75. The van der Waals surface area contributed by atoms with Gasteiger partial charge in [-0.3, -0.25) is 9.59 Å². The Morgan fingerprint density at radius 1 is 1.33 bits per heavy atom. The van der Waals surface area contributed by atoms with Crippen LogP contribution in [0, 0.1) is 0 Å². The highest BCUT2D eigenvalue weighted by atomic mass is 16.5. The summed E-state index contributed by atoms with van der Waals surface area (Å²) in [4.78, 5) is 25.4. The van der Waals surface area contributed by atoms with Crippen molar-refractivity contribution in [3.05, 3.63) is 29.8 Å². The molecule has 0 saturated carbocycles. The van der Waals surface area contributed by atoms with Crippen molar-refractivity contribution >= 4 is 11.8 Å². The van der Waals surface area contributed by atoms with Gasteiger partial charge < -0.3 is 19.7 Å². The topological polar surface area (TPSA) is 67.9 Å². The van der Waals surface area contributed by atoms with Gasteiger partial charge in [-0.2, -0.15) is 0 Å². The largest absolute Gasteiger partial charge is 0.497 e. The second-order valence-corrected chi connectivity index (χ2v) is 4.80. The third-order valence-electron chi connectivity index (χ3n) is 3.30. The first kappa shape index (κ1) is 15.3. The van der Waals surface area contributed by atoms with Gasteiger partial charge in [-0.1, -0.05) is 12.1 Å². The highest BCUT2D eigenvalue weighted by Crippen LogP contribution is 2.12. The van der Waals surface area contributed by atoms with Crippen molar-refractivity contribution in [2.45, 2.75) is 6.42 Å². The van der Waals surface area contributed by atoms with Crippen LogP contribution in [0.15, 0.2) is 24.3 Å². The molecule has 2 rings (SSSR count). The first-order valence-corrected chi connectivity index (χ1v) is 6.94. The maximum atomic E-state index is 11.9. The first-order valence-electron chi connectivity index (χ1n) is 6.94. The Morgan fingerprint density at radius 2 is 2.10 bits per heavy atom. The van der Waals surface area contributed by atoms with Gasteiger partial charge >= 0.3 is 0 Å². The molecule has 1 fully saturated rings. The summed E-state index contributed by atoms with van der Waals surface area (Å²) in [6.45, 7) is 2.32. The van der Waals surface area contributed by atoms with E-state index in [0.717, 1.165) is 5.56 Å². The molecule has 1 heterocycles. The molecule has 1 aromatic rings. The Hall–Kier alpha value is -2.08. The summed E-state index contributed by atoms with van der Waals surface area (Å²) in [6, 6.07) is 7.32. The molecule has 6 heteroatoms. The average Bonchev–Trinajstić information content (AvgIpc) is 2.53. The zero-order valence-electron chi connectivity index (χ0n) is 12.1. The van der Waals surface area contributed by atoms with E-state index < -0.39 is 0 Å². The molecule has 0 atom stereocenters. The molecule has 0 aromatic heterocycles. The fourth-order valence-electron chi connectivity index (χ4n) is 2.13. The summed E-state index contributed by atoms with van der Waals surface area (Å²) >= 11 is 0. The molecule has 1 saturated heterocycles. The van der Waals surface area contributed by atoms with E-state index in [1.165, 1.54) is 0 Å². The van der Waals surface area contributed by atoms with Crippen molar-refractivity contribution in [3.8, 4) is 5.75 Å². The van der Waals surface area contributed by atoms with Crippen LogP contribution in [0.5, 0.6) is 5.75 Å². The summed E-state index contributed by atoms with van der Waals surface area (Å²) in [5.41, 5.74) is 0.852. The molecule has 0 aliphatic carbocycles. The van der Waals surface area contributed by atoms with E-state index in [1.807, 2.05) is 24.3 Å². The van der Waals surface area contributed by atoms with Crippen LogP contribution >= 0.6 is 0 Å².